The highest BCUT2D eigenvalue weighted by Crippen LogP contribution is 2.34. The van der Waals surface area contributed by atoms with Crippen LogP contribution in [0.2, 0.25) is 0 Å². The largest absolute Gasteiger partial charge is 0.497 e. The molecule has 0 aliphatic rings. The summed E-state index contributed by atoms with van der Waals surface area (Å²) in [5.74, 6) is 1.23. The van der Waals surface area contributed by atoms with Crippen LogP contribution in [0.15, 0.2) is 54.0 Å². The van der Waals surface area contributed by atoms with Crippen LogP contribution < -0.4 is 14.8 Å². The molecular formula is C22H18N4O3S. The quantitative estimate of drug-likeness (QED) is 0.509. The summed E-state index contributed by atoms with van der Waals surface area (Å²) in [5, 5.41) is 13.8. The van der Waals surface area contributed by atoms with E-state index >= 15 is 0 Å². The van der Waals surface area contributed by atoms with E-state index in [4.69, 9.17) is 14.7 Å². The Labute approximate surface area is 177 Å². The van der Waals surface area contributed by atoms with Crippen molar-refractivity contribution in [2.24, 2.45) is 0 Å². The Morgan fingerprint density at radius 2 is 2.10 bits per heavy atom. The van der Waals surface area contributed by atoms with Crippen LogP contribution >= 0.6 is 11.3 Å². The van der Waals surface area contributed by atoms with E-state index in [1.54, 1.807) is 38.5 Å². The first-order valence-corrected chi connectivity index (χ1v) is 9.97. The number of thiazole rings is 1. The summed E-state index contributed by atoms with van der Waals surface area (Å²) in [5.41, 5.74) is 3.47. The molecule has 4 rings (SSSR count). The van der Waals surface area contributed by atoms with Crippen LogP contribution in [-0.4, -0.2) is 29.5 Å². The number of aromatic nitrogens is 2. The monoisotopic (exact) mass is 418 g/mol. The topological polar surface area (TPSA) is 88.6 Å². The lowest BCUT2D eigenvalue weighted by molar-refractivity contribution is -0.115. The second kappa shape index (κ2) is 8.27. The third-order valence-electron chi connectivity index (χ3n) is 4.58. The SMILES string of the molecule is COc1ccc(OC)c(-c2cn3c(CC(=O)Nc4cccc(C#N)c4)csc3n2)c1. The average molecular weight is 418 g/mol. The minimum Gasteiger partial charge on any atom is -0.497 e. The number of methoxy groups -OCH3 is 2. The lowest BCUT2D eigenvalue weighted by Crippen LogP contribution is -2.15. The molecule has 0 saturated carbocycles. The second-order valence-corrected chi connectivity index (χ2v) is 7.33. The number of ether oxygens (including phenoxy) is 2. The third kappa shape index (κ3) is 3.83. The van der Waals surface area contributed by atoms with Crippen molar-refractivity contribution in [3.05, 3.63) is 65.3 Å². The first-order valence-electron chi connectivity index (χ1n) is 9.09. The maximum absolute atomic E-state index is 12.5. The average Bonchev–Trinajstić information content (AvgIpc) is 3.35. The first kappa shape index (κ1) is 19.5. The maximum atomic E-state index is 12.5. The second-order valence-electron chi connectivity index (χ2n) is 6.49. The van der Waals surface area contributed by atoms with Crippen LogP contribution in [0.4, 0.5) is 5.69 Å². The number of amides is 1. The van der Waals surface area contributed by atoms with Crippen LogP contribution in [-0.2, 0) is 11.2 Å². The van der Waals surface area contributed by atoms with Gasteiger partial charge in [0.1, 0.15) is 11.5 Å². The van der Waals surface area contributed by atoms with Gasteiger partial charge in [0.15, 0.2) is 4.96 Å². The number of hydrogen-bond donors (Lipinski definition) is 1. The number of carbonyl (C=O) groups excluding carboxylic acids is 1. The summed E-state index contributed by atoms with van der Waals surface area (Å²) in [4.78, 5) is 18.0. The molecule has 2 aromatic carbocycles. The molecule has 0 atom stereocenters. The van der Waals surface area contributed by atoms with E-state index in [9.17, 15) is 4.79 Å². The van der Waals surface area contributed by atoms with E-state index in [0.29, 0.717) is 22.7 Å². The number of nitriles is 1. The van der Waals surface area contributed by atoms with E-state index in [1.807, 2.05) is 34.2 Å². The summed E-state index contributed by atoms with van der Waals surface area (Å²) in [6, 6.07) is 14.4. The van der Waals surface area contributed by atoms with Crippen molar-refractivity contribution >= 4 is 27.9 Å². The maximum Gasteiger partial charge on any atom is 0.230 e. The molecule has 7 nitrogen and oxygen atoms in total. The van der Waals surface area contributed by atoms with Gasteiger partial charge >= 0.3 is 0 Å². The van der Waals surface area contributed by atoms with Gasteiger partial charge in [-0.05, 0) is 36.4 Å². The predicted molar refractivity (Wildman–Crippen MR) is 115 cm³/mol. The molecule has 150 valence electrons. The zero-order valence-corrected chi connectivity index (χ0v) is 17.2. The number of carbonyl (C=O) groups is 1. The lowest BCUT2D eigenvalue weighted by Gasteiger charge is -2.08. The molecule has 0 aliphatic carbocycles. The molecule has 2 heterocycles. The number of imidazole rings is 1. The molecule has 30 heavy (non-hydrogen) atoms. The van der Waals surface area contributed by atoms with Crippen molar-refractivity contribution in [3.8, 4) is 28.8 Å². The number of rotatable bonds is 6. The standard InChI is InChI=1S/C22H18N4O3S/c1-28-17-6-7-20(29-2)18(10-17)19-12-26-16(13-30-22(26)25-19)9-21(27)24-15-5-3-4-14(8-15)11-23/h3-8,10,12-13H,9H2,1-2H3,(H,24,27). The molecule has 4 aromatic rings. The molecule has 2 aromatic heterocycles. The minimum atomic E-state index is -0.168. The van der Waals surface area contributed by atoms with Crippen LogP contribution in [0, 0.1) is 11.3 Å². The zero-order chi connectivity index (χ0) is 21.1. The molecule has 1 N–H and O–H groups in total. The number of hydrogen-bond acceptors (Lipinski definition) is 6. The fraction of sp³-hybridized carbons (Fsp3) is 0.136. The molecule has 0 aliphatic heterocycles. The van der Waals surface area contributed by atoms with Gasteiger partial charge in [-0.25, -0.2) is 4.98 Å². The Bertz CT molecular complexity index is 1270. The summed E-state index contributed by atoms with van der Waals surface area (Å²) < 4.78 is 12.7. The third-order valence-corrected chi connectivity index (χ3v) is 5.47. The minimum absolute atomic E-state index is 0.168. The molecule has 0 radical (unpaired) electrons. The molecule has 8 heteroatoms. The van der Waals surface area contributed by atoms with Gasteiger partial charge in [0.05, 0.1) is 38.0 Å². The molecular weight excluding hydrogens is 400 g/mol. The predicted octanol–water partition coefficient (Wildman–Crippen LogP) is 4.13. The van der Waals surface area contributed by atoms with Gasteiger partial charge in [0.25, 0.3) is 0 Å². The number of nitrogens with zero attached hydrogens (tertiary/aromatic N) is 3. The van der Waals surface area contributed by atoms with Gasteiger partial charge in [-0.15, -0.1) is 11.3 Å². The highest BCUT2D eigenvalue weighted by Gasteiger charge is 2.16. The Hall–Kier alpha value is -3.83. The molecule has 1 amide bonds. The highest BCUT2D eigenvalue weighted by atomic mass is 32.1. The highest BCUT2D eigenvalue weighted by molar-refractivity contribution is 7.15. The summed E-state index contributed by atoms with van der Waals surface area (Å²) in [6.45, 7) is 0. The van der Waals surface area contributed by atoms with Crippen molar-refractivity contribution in [3.63, 3.8) is 0 Å². The number of benzene rings is 2. The molecule has 0 spiro atoms. The van der Waals surface area contributed by atoms with Crippen LogP contribution in [0.25, 0.3) is 16.2 Å². The van der Waals surface area contributed by atoms with Crippen molar-refractivity contribution in [2.45, 2.75) is 6.42 Å². The Balaban J connectivity index is 1.59. The molecule has 0 unspecified atom stereocenters. The van der Waals surface area contributed by atoms with Gasteiger partial charge in [0.2, 0.25) is 5.91 Å². The normalized spacial score (nSPS) is 10.6. The van der Waals surface area contributed by atoms with E-state index in [1.165, 1.54) is 11.3 Å². The Kier molecular flexibility index (Phi) is 5.37. The van der Waals surface area contributed by atoms with E-state index in [2.05, 4.69) is 16.4 Å². The summed E-state index contributed by atoms with van der Waals surface area (Å²) in [6.07, 6.45) is 2.07. The summed E-state index contributed by atoms with van der Waals surface area (Å²) >= 11 is 1.46. The van der Waals surface area contributed by atoms with Crippen molar-refractivity contribution in [2.75, 3.05) is 19.5 Å². The molecule has 0 bridgehead atoms. The smallest absolute Gasteiger partial charge is 0.230 e. The van der Waals surface area contributed by atoms with E-state index in [0.717, 1.165) is 21.9 Å². The van der Waals surface area contributed by atoms with Crippen molar-refractivity contribution in [1.29, 1.82) is 5.26 Å². The van der Waals surface area contributed by atoms with E-state index < -0.39 is 0 Å². The van der Waals surface area contributed by atoms with Crippen LogP contribution in [0.3, 0.4) is 0 Å². The van der Waals surface area contributed by atoms with Crippen LogP contribution in [0.1, 0.15) is 11.3 Å². The number of fused-ring (bicyclic) bond motifs is 1. The van der Waals surface area contributed by atoms with Gasteiger partial charge in [0, 0.05) is 28.5 Å². The molecule has 0 fully saturated rings. The van der Waals surface area contributed by atoms with Gasteiger partial charge in [-0.2, -0.15) is 5.26 Å². The summed E-state index contributed by atoms with van der Waals surface area (Å²) in [7, 11) is 3.22. The molecule has 0 saturated heterocycles. The first-order chi connectivity index (χ1) is 14.6. The fourth-order valence-corrected chi connectivity index (χ4v) is 4.01. The van der Waals surface area contributed by atoms with Gasteiger partial charge < -0.3 is 14.8 Å². The number of anilines is 1. The van der Waals surface area contributed by atoms with Gasteiger partial charge in [-0.1, -0.05) is 6.07 Å². The fourth-order valence-electron chi connectivity index (χ4n) is 3.14. The van der Waals surface area contributed by atoms with E-state index in [-0.39, 0.29) is 12.3 Å². The van der Waals surface area contributed by atoms with Crippen LogP contribution in [0.5, 0.6) is 11.5 Å². The van der Waals surface area contributed by atoms with Crippen molar-refractivity contribution < 1.29 is 14.3 Å². The lowest BCUT2D eigenvalue weighted by atomic mass is 10.1. The van der Waals surface area contributed by atoms with Crippen molar-refractivity contribution in [1.82, 2.24) is 9.38 Å². The Morgan fingerprint density at radius 1 is 1.23 bits per heavy atom. The zero-order valence-electron chi connectivity index (χ0n) is 16.4. The number of nitrogens with one attached hydrogen (secondary N) is 1. The van der Waals surface area contributed by atoms with Gasteiger partial charge in [-0.3, -0.25) is 9.20 Å². The Morgan fingerprint density at radius 3 is 2.87 bits per heavy atom.